The third kappa shape index (κ3) is 2.81. The Morgan fingerprint density at radius 2 is 1.61 bits per heavy atom. The van der Waals surface area contributed by atoms with Crippen LogP contribution in [0.15, 0.2) is 0 Å². The molecule has 106 valence electrons. The van der Waals surface area contributed by atoms with Gasteiger partial charge in [-0.1, -0.05) is 27.2 Å². The lowest BCUT2D eigenvalue weighted by Gasteiger charge is -2.39. The number of carboxylic acid groups (broad SMARTS) is 2. The molecule has 0 saturated heterocycles. The molecule has 0 saturated carbocycles. The standard InChI is InChI=1S/C10H18O7S/c1-4-5-9(2,3)10(8(13)14,6-7(11)12)18(15,16)17/h4-6H2,1-3H3,(H,11,12)(H,13,14)(H,15,16,17). The third-order valence-corrected chi connectivity index (χ3v) is 4.91. The first-order chi connectivity index (χ1) is 7.92. The van der Waals surface area contributed by atoms with Crippen molar-refractivity contribution in [2.45, 2.75) is 44.8 Å². The Bertz CT molecular complexity index is 437. The van der Waals surface area contributed by atoms with E-state index in [1.165, 1.54) is 13.8 Å². The summed E-state index contributed by atoms with van der Waals surface area (Å²) >= 11 is 0. The largest absolute Gasteiger partial charge is 0.481 e. The second-order valence-corrected chi connectivity index (χ2v) is 6.46. The molecule has 1 unspecified atom stereocenters. The normalized spacial score (nSPS) is 16.0. The van der Waals surface area contributed by atoms with E-state index in [2.05, 4.69) is 0 Å². The molecule has 18 heavy (non-hydrogen) atoms. The predicted molar refractivity (Wildman–Crippen MR) is 62.9 cm³/mol. The van der Waals surface area contributed by atoms with Gasteiger partial charge in [0.05, 0.1) is 6.42 Å². The SMILES string of the molecule is CCCC(C)(C)C(CC(=O)O)(C(=O)O)S(=O)(=O)O. The molecular weight excluding hydrogens is 264 g/mol. The fourth-order valence-electron chi connectivity index (χ4n) is 2.19. The van der Waals surface area contributed by atoms with Crippen molar-refractivity contribution >= 4 is 22.1 Å². The van der Waals surface area contributed by atoms with E-state index in [0.717, 1.165) is 0 Å². The van der Waals surface area contributed by atoms with Crippen molar-refractivity contribution in [3.8, 4) is 0 Å². The second kappa shape index (κ2) is 5.23. The molecule has 0 aliphatic carbocycles. The molecule has 0 radical (unpaired) electrons. The van der Waals surface area contributed by atoms with Gasteiger partial charge < -0.3 is 10.2 Å². The Balaban J connectivity index is 6.11. The molecule has 3 N–H and O–H groups in total. The van der Waals surface area contributed by atoms with E-state index in [4.69, 9.17) is 10.2 Å². The summed E-state index contributed by atoms with van der Waals surface area (Å²) in [5.74, 6) is -3.45. The van der Waals surface area contributed by atoms with Crippen LogP contribution in [0.5, 0.6) is 0 Å². The maximum Gasteiger partial charge on any atom is 0.328 e. The Morgan fingerprint density at radius 1 is 1.17 bits per heavy atom. The molecule has 1 atom stereocenters. The predicted octanol–water partition coefficient (Wildman–Crippen LogP) is 0.999. The minimum atomic E-state index is -5.08. The Labute approximate surface area is 106 Å². The van der Waals surface area contributed by atoms with Gasteiger partial charge in [0.2, 0.25) is 4.75 Å². The van der Waals surface area contributed by atoms with Crippen molar-refractivity contribution < 1.29 is 32.8 Å². The summed E-state index contributed by atoms with van der Waals surface area (Å²) in [6, 6.07) is 0. The van der Waals surface area contributed by atoms with Crippen LogP contribution < -0.4 is 0 Å². The molecule has 0 fully saturated rings. The highest BCUT2D eigenvalue weighted by atomic mass is 32.2. The molecule has 0 rings (SSSR count). The van der Waals surface area contributed by atoms with Crippen molar-refractivity contribution in [3.05, 3.63) is 0 Å². The van der Waals surface area contributed by atoms with Crippen molar-refractivity contribution in [3.63, 3.8) is 0 Å². The van der Waals surface area contributed by atoms with Crippen molar-refractivity contribution in [1.29, 1.82) is 0 Å². The number of hydrogen-bond donors (Lipinski definition) is 3. The number of carboxylic acids is 2. The van der Waals surface area contributed by atoms with E-state index < -0.39 is 38.6 Å². The molecule has 0 heterocycles. The average Bonchev–Trinajstić information content (AvgIpc) is 2.10. The zero-order valence-electron chi connectivity index (χ0n) is 10.5. The van der Waals surface area contributed by atoms with Crippen molar-refractivity contribution in [1.82, 2.24) is 0 Å². The Morgan fingerprint density at radius 3 is 1.83 bits per heavy atom. The molecule has 0 amide bonds. The van der Waals surface area contributed by atoms with Gasteiger partial charge in [-0.2, -0.15) is 8.42 Å². The zero-order chi connectivity index (χ0) is 14.8. The van der Waals surface area contributed by atoms with Gasteiger partial charge in [0, 0.05) is 0 Å². The van der Waals surface area contributed by atoms with E-state index in [1.807, 2.05) is 0 Å². The maximum atomic E-state index is 11.5. The van der Waals surface area contributed by atoms with E-state index in [-0.39, 0.29) is 6.42 Å². The van der Waals surface area contributed by atoms with Crippen LogP contribution in [-0.2, 0) is 19.7 Å². The summed E-state index contributed by atoms with van der Waals surface area (Å²) in [6.45, 7) is 4.35. The average molecular weight is 282 g/mol. The lowest BCUT2D eigenvalue weighted by atomic mass is 9.73. The van der Waals surface area contributed by atoms with Gasteiger partial charge in [-0.25, -0.2) is 0 Å². The van der Waals surface area contributed by atoms with Gasteiger partial charge in [-0.05, 0) is 11.8 Å². The number of aliphatic carboxylic acids is 2. The van der Waals surface area contributed by atoms with Crippen LogP contribution in [0.3, 0.4) is 0 Å². The van der Waals surface area contributed by atoms with Gasteiger partial charge >= 0.3 is 11.9 Å². The first-order valence-electron chi connectivity index (χ1n) is 5.34. The minimum absolute atomic E-state index is 0.145. The first-order valence-corrected chi connectivity index (χ1v) is 6.78. The molecule has 0 aromatic carbocycles. The van der Waals surface area contributed by atoms with Crippen LogP contribution >= 0.6 is 0 Å². The molecule has 0 spiro atoms. The highest BCUT2D eigenvalue weighted by Gasteiger charge is 2.61. The lowest BCUT2D eigenvalue weighted by molar-refractivity contribution is -0.150. The molecule has 0 bridgehead atoms. The molecule has 0 aromatic heterocycles. The highest BCUT2D eigenvalue weighted by Crippen LogP contribution is 2.43. The Kier molecular flexibility index (Phi) is 4.90. The monoisotopic (exact) mass is 282 g/mol. The van der Waals surface area contributed by atoms with E-state index >= 15 is 0 Å². The summed E-state index contributed by atoms with van der Waals surface area (Å²) in [7, 11) is -5.08. The van der Waals surface area contributed by atoms with Gasteiger partial charge in [-0.15, -0.1) is 0 Å². The number of carbonyl (C=O) groups is 2. The lowest BCUT2D eigenvalue weighted by Crippen LogP contribution is -2.58. The third-order valence-electron chi connectivity index (χ3n) is 3.15. The summed E-state index contributed by atoms with van der Waals surface area (Å²) in [5, 5.41) is 17.9. The number of hydrogen-bond acceptors (Lipinski definition) is 4. The fraction of sp³-hybridized carbons (Fsp3) is 0.800. The molecule has 8 heteroatoms. The van der Waals surface area contributed by atoms with Gasteiger partial charge in [0.1, 0.15) is 0 Å². The quantitative estimate of drug-likeness (QED) is 0.594. The molecule has 0 aliphatic rings. The van der Waals surface area contributed by atoms with Gasteiger partial charge in [-0.3, -0.25) is 14.1 Å². The summed E-state index contributed by atoms with van der Waals surface area (Å²) in [4.78, 5) is 22.1. The summed E-state index contributed by atoms with van der Waals surface area (Å²) in [6.07, 6.45) is -0.586. The number of rotatable bonds is 7. The van der Waals surface area contributed by atoms with Crippen LogP contribution in [0.1, 0.15) is 40.0 Å². The van der Waals surface area contributed by atoms with Crippen LogP contribution in [0.2, 0.25) is 0 Å². The topological polar surface area (TPSA) is 129 Å². The van der Waals surface area contributed by atoms with Crippen molar-refractivity contribution in [2.75, 3.05) is 0 Å². The van der Waals surface area contributed by atoms with Gasteiger partial charge in [0.15, 0.2) is 0 Å². The van der Waals surface area contributed by atoms with Crippen LogP contribution in [0.4, 0.5) is 0 Å². The van der Waals surface area contributed by atoms with Crippen LogP contribution in [0, 0.1) is 5.41 Å². The molecular formula is C10H18O7S. The summed E-state index contributed by atoms with van der Waals surface area (Å²) in [5.41, 5.74) is -1.42. The van der Waals surface area contributed by atoms with Crippen molar-refractivity contribution in [2.24, 2.45) is 5.41 Å². The first kappa shape index (κ1) is 16.9. The summed E-state index contributed by atoms with van der Waals surface area (Å²) < 4.78 is 29.4. The Hall–Kier alpha value is -1.15. The minimum Gasteiger partial charge on any atom is -0.481 e. The maximum absolute atomic E-state index is 11.5. The van der Waals surface area contributed by atoms with Gasteiger partial charge in [0.25, 0.3) is 10.1 Å². The van der Waals surface area contributed by atoms with E-state index in [9.17, 15) is 22.6 Å². The molecule has 0 aromatic rings. The highest BCUT2D eigenvalue weighted by molar-refractivity contribution is 7.88. The fourth-order valence-corrected chi connectivity index (χ4v) is 3.52. The smallest absolute Gasteiger partial charge is 0.328 e. The van der Waals surface area contributed by atoms with Crippen LogP contribution in [0.25, 0.3) is 0 Å². The zero-order valence-corrected chi connectivity index (χ0v) is 11.3. The molecule has 0 aliphatic heterocycles. The van der Waals surface area contributed by atoms with Crippen LogP contribution in [-0.4, -0.2) is 39.9 Å². The second-order valence-electron chi connectivity index (χ2n) is 4.81. The van der Waals surface area contributed by atoms with E-state index in [0.29, 0.717) is 6.42 Å². The van der Waals surface area contributed by atoms with E-state index in [1.54, 1.807) is 6.92 Å². The molecule has 7 nitrogen and oxygen atoms in total.